The lowest BCUT2D eigenvalue weighted by Gasteiger charge is -2.17. The van der Waals surface area contributed by atoms with Crippen molar-refractivity contribution in [1.29, 1.82) is 0 Å². The van der Waals surface area contributed by atoms with E-state index in [0.29, 0.717) is 5.92 Å². The Kier molecular flexibility index (Phi) is 3.87. The molecular weight excluding hydrogens is 262 g/mol. The number of aryl methyl sites for hydroxylation is 1. The average molecular weight is 289 g/mol. The molecule has 21 heavy (non-hydrogen) atoms. The Morgan fingerprint density at radius 1 is 1.29 bits per heavy atom. The van der Waals surface area contributed by atoms with E-state index in [1.165, 1.54) is 0 Å². The number of imidazole rings is 1. The lowest BCUT2D eigenvalue weighted by molar-refractivity contribution is 0.554. The minimum atomic E-state index is -0.0446. The molecule has 0 unspecified atom stereocenters. The van der Waals surface area contributed by atoms with E-state index in [-0.39, 0.29) is 5.41 Å². The van der Waals surface area contributed by atoms with E-state index in [1.807, 2.05) is 17.9 Å². The van der Waals surface area contributed by atoms with Crippen LogP contribution in [0.5, 0.6) is 0 Å². The summed E-state index contributed by atoms with van der Waals surface area (Å²) in [5.74, 6) is 2.11. The number of aromatic nitrogens is 4. The fraction of sp³-hybridized carbons (Fsp3) is 0.625. The minimum Gasteiger partial charge on any atom is -0.383 e. The standard InChI is InChI=1S/C16H27N5/c1-8-21-14(17)12(18-15(21)10(2)3)11-9-20(7)19-13(11)16(4,5)6/h9-10H,8,17H2,1-7H3. The lowest BCUT2D eigenvalue weighted by atomic mass is 9.89. The quantitative estimate of drug-likeness (QED) is 0.943. The summed E-state index contributed by atoms with van der Waals surface area (Å²) < 4.78 is 3.94. The van der Waals surface area contributed by atoms with Gasteiger partial charge in [0.05, 0.1) is 5.69 Å². The van der Waals surface area contributed by atoms with Gasteiger partial charge in [0.1, 0.15) is 17.3 Å². The molecule has 2 aromatic rings. The highest BCUT2D eigenvalue weighted by molar-refractivity contribution is 5.73. The summed E-state index contributed by atoms with van der Waals surface area (Å²) in [6.07, 6.45) is 2.02. The van der Waals surface area contributed by atoms with Gasteiger partial charge in [-0.25, -0.2) is 4.98 Å². The van der Waals surface area contributed by atoms with Crippen molar-refractivity contribution in [2.24, 2.45) is 7.05 Å². The van der Waals surface area contributed by atoms with Gasteiger partial charge >= 0.3 is 0 Å². The Balaban J connectivity index is 2.69. The highest BCUT2D eigenvalue weighted by Gasteiger charge is 2.27. The van der Waals surface area contributed by atoms with Crippen LogP contribution in [0.25, 0.3) is 11.3 Å². The molecule has 2 heterocycles. The monoisotopic (exact) mass is 289 g/mol. The van der Waals surface area contributed by atoms with Crippen LogP contribution in [0.15, 0.2) is 6.20 Å². The zero-order chi connectivity index (χ0) is 15.9. The van der Waals surface area contributed by atoms with Gasteiger partial charge in [-0.1, -0.05) is 34.6 Å². The van der Waals surface area contributed by atoms with Crippen LogP contribution in [-0.4, -0.2) is 19.3 Å². The van der Waals surface area contributed by atoms with Gasteiger partial charge < -0.3 is 10.3 Å². The molecule has 0 saturated heterocycles. The fourth-order valence-corrected chi connectivity index (χ4v) is 2.67. The van der Waals surface area contributed by atoms with E-state index in [4.69, 9.17) is 10.7 Å². The number of hydrogen-bond donors (Lipinski definition) is 1. The number of nitrogens with two attached hydrogens (primary N) is 1. The van der Waals surface area contributed by atoms with Crippen LogP contribution in [-0.2, 0) is 19.0 Å². The summed E-state index contributed by atoms with van der Waals surface area (Å²) in [6, 6.07) is 0. The first-order valence-electron chi connectivity index (χ1n) is 7.57. The first-order chi connectivity index (χ1) is 9.66. The van der Waals surface area contributed by atoms with Crippen LogP contribution in [0, 0.1) is 0 Å². The van der Waals surface area contributed by atoms with Crippen molar-refractivity contribution in [3.05, 3.63) is 17.7 Å². The molecule has 2 N–H and O–H groups in total. The SMILES string of the molecule is CCn1c(C(C)C)nc(-c2cn(C)nc2C(C)(C)C)c1N. The van der Waals surface area contributed by atoms with Crippen molar-refractivity contribution in [3.8, 4) is 11.3 Å². The normalized spacial score (nSPS) is 12.4. The second kappa shape index (κ2) is 5.20. The van der Waals surface area contributed by atoms with Gasteiger partial charge in [-0.05, 0) is 6.92 Å². The Morgan fingerprint density at radius 2 is 1.90 bits per heavy atom. The number of hydrogen-bond acceptors (Lipinski definition) is 3. The molecule has 2 aromatic heterocycles. The number of nitrogen functional groups attached to an aromatic ring is 1. The summed E-state index contributed by atoms with van der Waals surface area (Å²) in [7, 11) is 1.94. The number of rotatable bonds is 3. The molecule has 0 spiro atoms. The molecule has 5 heteroatoms. The largest absolute Gasteiger partial charge is 0.383 e. The summed E-state index contributed by atoms with van der Waals surface area (Å²) in [6.45, 7) is 13.7. The Hall–Kier alpha value is -1.78. The van der Waals surface area contributed by atoms with Crippen LogP contribution in [0.2, 0.25) is 0 Å². The molecule has 0 aliphatic carbocycles. The van der Waals surface area contributed by atoms with Crippen molar-refractivity contribution in [2.75, 3.05) is 5.73 Å². The van der Waals surface area contributed by atoms with Crippen molar-refractivity contribution in [1.82, 2.24) is 19.3 Å². The van der Waals surface area contributed by atoms with Gasteiger partial charge in [0.15, 0.2) is 0 Å². The van der Waals surface area contributed by atoms with Crippen LogP contribution in [0.1, 0.15) is 59.0 Å². The molecule has 0 aliphatic rings. The molecular formula is C16H27N5. The number of nitrogens with zero attached hydrogens (tertiary/aromatic N) is 4. The third-order valence-electron chi connectivity index (χ3n) is 3.66. The molecule has 0 amide bonds. The van der Waals surface area contributed by atoms with E-state index in [2.05, 4.69) is 51.2 Å². The van der Waals surface area contributed by atoms with Crippen molar-refractivity contribution in [3.63, 3.8) is 0 Å². The minimum absolute atomic E-state index is 0.0446. The van der Waals surface area contributed by atoms with E-state index in [1.54, 1.807) is 0 Å². The first-order valence-corrected chi connectivity index (χ1v) is 7.57. The molecule has 2 rings (SSSR count). The zero-order valence-corrected chi connectivity index (χ0v) is 14.2. The molecule has 116 valence electrons. The Morgan fingerprint density at radius 3 is 2.33 bits per heavy atom. The summed E-state index contributed by atoms with van der Waals surface area (Å²) in [5.41, 5.74) is 9.26. The summed E-state index contributed by atoms with van der Waals surface area (Å²) >= 11 is 0. The second-order valence-corrected chi connectivity index (χ2v) is 6.92. The van der Waals surface area contributed by atoms with E-state index in [9.17, 15) is 0 Å². The Bertz CT molecular complexity index is 640. The molecule has 0 radical (unpaired) electrons. The lowest BCUT2D eigenvalue weighted by Crippen LogP contribution is -2.14. The predicted octanol–water partition coefficient (Wildman–Crippen LogP) is 3.31. The molecule has 0 bridgehead atoms. The number of anilines is 1. The molecule has 0 atom stereocenters. The topological polar surface area (TPSA) is 61.7 Å². The second-order valence-electron chi connectivity index (χ2n) is 6.92. The maximum Gasteiger partial charge on any atom is 0.131 e. The first kappa shape index (κ1) is 15.6. The maximum absolute atomic E-state index is 6.37. The van der Waals surface area contributed by atoms with Gasteiger partial charge in [-0.15, -0.1) is 0 Å². The van der Waals surface area contributed by atoms with Crippen molar-refractivity contribution < 1.29 is 0 Å². The zero-order valence-electron chi connectivity index (χ0n) is 14.2. The molecule has 0 fully saturated rings. The van der Waals surface area contributed by atoms with Crippen LogP contribution in [0.3, 0.4) is 0 Å². The third-order valence-corrected chi connectivity index (χ3v) is 3.66. The summed E-state index contributed by atoms with van der Waals surface area (Å²) in [5, 5.41) is 4.62. The van der Waals surface area contributed by atoms with E-state index in [0.717, 1.165) is 35.1 Å². The van der Waals surface area contributed by atoms with Crippen molar-refractivity contribution >= 4 is 5.82 Å². The van der Waals surface area contributed by atoms with Gasteiger partial charge in [-0.2, -0.15) is 5.10 Å². The van der Waals surface area contributed by atoms with Crippen LogP contribution >= 0.6 is 0 Å². The van der Waals surface area contributed by atoms with Gasteiger partial charge in [-0.3, -0.25) is 4.68 Å². The van der Waals surface area contributed by atoms with Crippen LogP contribution in [0.4, 0.5) is 5.82 Å². The fourth-order valence-electron chi connectivity index (χ4n) is 2.67. The Labute approximate surface area is 127 Å². The third kappa shape index (κ3) is 2.69. The van der Waals surface area contributed by atoms with Crippen LogP contribution < -0.4 is 5.73 Å². The average Bonchev–Trinajstić information content (AvgIpc) is 2.89. The smallest absolute Gasteiger partial charge is 0.131 e. The predicted molar refractivity (Wildman–Crippen MR) is 87.3 cm³/mol. The van der Waals surface area contributed by atoms with Crippen molar-refractivity contribution in [2.45, 2.75) is 59.4 Å². The highest BCUT2D eigenvalue weighted by Crippen LogP contribution is 2.35. The van der Waals surface area contributed by atoms with Gasteiger partial charge in [0.25, 0.3) is 0 Å². The highest BCUT2D eigenvalue weighted by atomic mass is 15.3. The van der Waals surface area contributed by atoms with E-state index >= 15 is 0 Å². The molecule has 5 nitrogen and oxygen atoms in total. The van der Waals surface area contributed by atoms with Gasteiger partial charge in [0.2, 0.25) is 0 Å². The molecule has 0 aromatic carbocycles. The van der Waals surface area contributed by atoms with Gasteiger partial charge in [0, 0.05) is 36.7 Å². The van der Waals surface area contributed by atoms with E-state index < -0.39 is 0 Å². The molecule has 0 aliphatic heterocycles. The molecule has 0 saturated carbocycles. The summed E-state index contributed by atoms with van der Waals surface area (Å²) in [4.78, 5) is 4.82. The maximum atomic E-state index is 6.37.